The van der Waals surface area contributed by atoms with Crippen LogP contribution in [-0.2, 0) is 0 Å². The van der Waals surface area contributed by atoms with E-state index in [2.05, 4.69) is 6.42 Å². The number of fused-ring (bicyclic) bond motifs is 1. The van der Waals surface area contributed by atoms with Crippen molar-refractivity contribution in [2.75, 3.05) is 0 Å². The Hall–Kier alpha value is -0.130. The summed E-state index contributed by atoms with van der Waals surface area (Å²) in [5, 5.41) is 0. The van der Waals surface area contributed by atoms with Gasteiger partial charge in [0.2, 0.25) is 0 Å². The molecule has 0 saturated heterocycles. The number of rotatable bonds is 0. The molecule has 0 heterocycles. The van der Waals surface area contributed by atoms with E-state index < -0.39 is 0 Å². The molecule has 2 aliphatic rings. The van der Waals surface area contributed by atoms with Gasteiger partial charge in [0.25, 0.3) is 0 Å². The zero-order chi connectivity index (χ0) is 4.69. The van der Waals surface area contributed by atoms with E-state index in [1.165, 1.54) is 25.7 Å². The van der Waals surface area contributed by atoms with Gasteiger partial charge in [-0.2, -0.15) is 0 Å². The average Bonchev–Trinajstić information content (AvgIpc) is 2.41. The maximum Gasteiger partial charge on any atom is 0.101 e. The zero-order valence-electron chi connectivity index (χ0n) is 4.56. The van der Waals surface area contributed by atoms with Gasteiger partial charge < -0.3 is 0 Å². The van der Waals surface area contributed by atoms with Crippen molar-refractivity contribution in [3.8, 4) is 0 Å². The fourth-order valence-electron chi connectivity index (χ4n) is 1.60. The summed E-state index contributed by atoms with van der Waals surface area (Å²) in [6.45, 7) is 0. The normalized spacial score (nSPS) is 46.9. The van der Waals surface area contributed by atoms with E-state index in [1.54, 1.807) is 0 Å². The third kappa shape index (κ3) is 0.531. The quantitative estimate of drug-likeness (QED) is 0.404. The zero-order valence-corrected chi connectivity index (χ0v) is 4.56. The molecule has 38 valence electrons. The minimum atomic E-state index is 1.08. The van der Waals surface area contributed by atoms with Gasteiger partial charge >= 0.3 is 0 Å². The Bertz CT molecular complexity index is 66.1. The Morgan fingerprint density at radius 1 is 1.43 bits per heavy atom. The fourth-order valence-corrected chi connectivity index (χ4v) is 1.60. The van der Waals surface area contributed by atoms with Crippen LogP contribution in [0.4, 0.5) is 0 Å². The summed E-state index contributed by atoms with van der Waals surface area (Å²) >= 11 is 0. The second-order valence-electron chi connectivity index (χ2n) is 2.83. The first-order valence-corrected chi connectivity index (χ1v) is 3.30. The molecule has 0 amide bonds. The van der Waals surface area contributed by atoms with Crippen molar-refractivity contribution >= 4 is 0 Å². The molecule has 0 heteroatoms. The maximum atomic E-state index is 2.51. The SMILES string of the molecule is [CH+]1CCCC2CC12. The predicted molar refractivity (Wildman–Crippen MR) is 29.7 cm³/mol. The van der Waals surface area contributed by atoms with Crippen molar-refractivity contribution in [2.45, 2.75) is 25.7 Å². The van der Waals surface area contributed by atoms with E-state index in [0.29, 0.717) is 0 Å². The summed E-state index contributed by atoms with van der Waals surface area (Å²) in [6.07, 6.45) is 8.44. The number of hydrogen-bond donors (Lipinski definition) is 0. The van der Waals surface area contributed by atoms with E-state index >= 15 is 0 Å². The highest BCUT2D eigenvalue weighted by Gasteiger charge is 2.45. The minimum Gasteiger partial charge on any atom is -0.0419 e. The van der Waals surface area contributed by atoms with Gasteiger partial charge in [0.1, 0.15) is 5.92 Å². The fraction of sp³-hybridized carbons (Fsp3) is 0.857. The van der Waals surface area contributed by atoms with E-state index in [4.69, 9.17) is 0 Å². The van der Waals surface area contributed by atoms with Gasteiger partial charge in [0.05, 0.1) is 12.8 Å². The predicted octanol–water partition coefficient (Wildman–Crippen LogP) is 2.01. The maximum absolute atomic E-state index is 2.51. The smallest absolute Gasteiger partial charge is 0.0419 e. The highest BCUT2D eigenvalue weighted by Crippen LogP contribution is 2.48. The van der Waals surface area contributed by atoms with E-state index in [9.17, 15) is 0 Å². The molecule has 0 nitrogen and oxygen atoms in total. The summed E-state index contributed by atoms with van der Waals surface area (Å²) in [5.41, 5.74) is 0. The molecule has 0 aromatic carbocycles. The molecule has 2 unspecified atom stereocenters. The van der Waals surface area contributed by atoms with Crippen LogP contribution in [0.1, 0.15) is 25.7 Å². The summed E-state index contributed by atoms with van der Waals surface area (Å²) in [7, 11) is 0. The van der Waals surface area contributed by atoms with Crippen LogP contribution in [0.2, 0.25) is 0 Å². The minimum absolute atomic E-state index is 1.08. The summed E-state index contributed by atoms with van der Waals surface area (Å²) in [4.78, 5) is 0. The second kappa shape index (κ2) is 1.18. The molecule has 0 radical (unpaired) electrons. The van der Waals surface area contributed by atoms with Crippen LogP contribution in [-0.4, -0.2) is 0 Å². The molecule has 0 N–H and O–H groups in total. The van der Waals surface area contributed by atoms with E-state index in [1.807, 2.05) is 0 Å². The van der Waals surface area contributed by atoms with Crippen molar-refractivity contribution in [3.05, 3.63) is 6.42 Å². The molecule has 0 spiro atoms. The first-order valence-electron chi connectivity index (χ1n) is 3.30. The van der Waals surface area contributed by atoms with Gasteiger partial charge in [-0.15, -0.1) is 0 Å². The molecule has 0 bridgehead atoms. The van der Waals surface area contributed by atoms with Crippen molar-refractivity contribution in [1.29, 1.82) is 0 Å². The molecular formula is C7H11+. The van der Waals surface area contributed by atoms with Crippen molar-refractivity contribution in [2.24, 2.45) is 11.8 Å². The van der Waals surface area contributed by atoms with Gasteiger partial charge in [-0.3, -0.25) is 0 Å². The number of hydrogen-bond acceptors (Lipinski definition) is 0. The molecule has 0 aromatic heterocycles. The van der Waals surface area contributed by atoms with Crippen LogP contribution < -0.4 is 0 Å². The largest absolute Gasteiger partial charge is 0.101 e. The van der Waals surface area contributed by atoms with Crippen molar-refractivity contribution < 1.29 is 0 Å². The molecule has 2 aliphatic carbocycles. The first kappa shape index (κ1) is 3.82. The van der Waals surface area contributed by atoms with E-state index in [0.717, 1.165) is 11.8 Å². The van der Waals surface area contributed by atoms with Crippen LogP contribution >= 0.6 is 0 Å². The first-order chi connectivity index (χ1) is 3.47. The van der Waals surface area contributed by atoms with E-state index in [-0.39, 0.29) is 0 Å². The van der Waals surface area contributed by atoms with Gasteiger partial charge in [0.15, 0.2) is 0 Å². The molecule has 0 aliphatic heterocycles. The molecule has 2 atom stereocenters. The molecule has 2 fully saturated rings. The third-order valence-corrected chi connectivity index (χ3v) is 2.23. The Kier molecular flexibility index (Phi) is 0.643. The van der Waals surface area contributed by atoms with Gasteiger partial charge in [0, 0.05) is 5.92 Å². The Balaban J connectivity index is 1.95. The van der Waals surface area contributed by atoms with Crippen molar-refractivity contribution in [3.63, 3.8) is 0 Å². The van der Waals surface area contributed by atoms with Gasteiger partial charge in [-0.05, 0) is 19.3 Å². The summed E-state index contributed by atoms with van der Waals surface area (Å²) in [5.74, 6) is 2.22. The lowest BCUT2D eigenvalue weighted by Gasteiger charge is -1.97. The standard InChI is InChI=1S/C7H11/c1-2-4-7-5-6(7)3-1/h3,6-7H,1-2,4-5H2/q+1. The Morgan fingerprint density at radius 2 is 2.43 bits per heavy atom. The van der Waals surface area contributed by atoms with Crippen LogP contribution in [0.5, 0.6) is 0 Å². The molecular weight excluding hydrogens is 84.1 g/mol. The third-order valence-electron chi connectivity index (χ3n) is 2.23. The summed E-state index contributed by atoms with van der Waals surface area (Å²) in [6, 6.07) is 0. The van der Waals surface area contributed by atoms with Gasteiger partial charge in [-0.25, -0.2) is 0 Å². The van der Waals surface area contributed by atoms with Crippen LogP contribution in [0.3, 0.4) is 0 Å². The topological polar surface area (TPSA) is 0 Å². The van der Waals surface area contributed by atoms with Crippen molar-refractivity contribution in [1.82, 2.24) is 0 Å². The van der Waals surface area contributed by atoms with Crippen LogP contribution in [0, 0.1) is 18.3 Å². The Labute approximate surface area is 44.9 Å². The average molecular weight is 95.2 g/mol. The molecule has 7 heavy (non-hydrogen) atoms. The monoisotopic (exact) mass is 95.1 g/mol. The lowest BCUT2D eigenvalue weighted by atomic mass is 10.0. The lowest BCUT2D eigenvalue weighted by Crippen LogP contribution is -1.92. The van der Waals surface area contributed by atoms with Gasteiger partial charge in [-0.1, -0.05) is 0 Å². The molecule has 0 aromatic rings. The summed E-state index contributed by atoms with van der Waals surface area (Å²) < 4.78 is 0. The second-order valence-corrected chi connectivity index (χ2v) is 2.83. The van der Waals surface area contributed by atoms with Crippen LogP contribution in [0.25, 0.3) is 0 Å². The highest BCUT2D eigenvalue weighted by atomic mass is 14.4. The Morgan fingerprint density at radius 3 is 3.00 bits per heavy atom. The molecule has 2 rings (SSSR count). The molecule has 2 saturated carbocycles. The van der Waals surface area contributed by atoms with Crippen LogP contribution in [0.15, 0.2) is 0 Å². The highest BCUT2D eigenvalue weighted by molar-refractivity contribution is 4.99. The lowest BCUT2D eigenvalue weighted by molar-refractivity contribution is 0.564.